The van der Waals surface area contributed by atoms with Gasteiger partial charge in [-0.3, -0.25) is 9.59 Å². The van der Waals surface area contributed by atoms with Crippen LogP contribution in [0.3, 0.4) is 0 Å². The molecule has 146 valence electrons. The quantitative estimate of drug-likeness (QED) is 0.746. The monoisotopic (exact) mass is 400 g/mol. The third-order valence-corrected chi connectivity index (χ3v) is 4.78. The lowest BCUT2D eigenvalue weighted by molar-refractivity contribution is -0.122. The fourth-order valence-corrected chi connectivity index (χ4v) is 3.24. The van der Waals surface area contributed by atoms with Crippen LogP contribution in [-0.4, -0.2) is 30.9 Å². The van der Waals surface area contributed by atoms with Crippen molar-refractivity contribution < 1.29 is 19.1 Å². The number of nitrogens with zero attached hydrogens (tertiary/aromatic N) is 1. The van der Waals surface area contributed by atoms with Crippen LogP contribution in [0.25, 0.3) is 0 Å². The highest BCUT2D eigenvalue weighted by Crippen LogP contribution is 2.31. The van der Waals surface area contributed by atoms with E-state index in [9.17, 15) is 14.4 Å². The molecule has 1 saturated heterocycles. The minimum Gasteiger partial charge on any atom is -0.462 e. The smallest absolute Gasteiger partial charge is 0.338 e. The lowest BCUT2D eigenvalue weighted by atomic mass is 10.1. The molecule has 1 aliphatic rings. The van der Waals surface area contributed by atoms with E-state index >= 15 is 0 Å². The van der Waals surface area contributed by atoms with Crippen molar-refractivity contribution in [2.24, 2.45) is 5.92 Å². The van der Waals surface area contributed by atoms with Gasteiger partial charge in [0.05, 0.1) is 28.8 Å². The standard InChI is InChI=1S/C21H21ClN2O4/c1-2-11-28-21(27)14-7-9-16(10-8-14)23-20(26)15-12-19(25)24(13-15)18-6-4-3-5-17(18)22/h3-10,15H,2,11-13H2,1H3,(H,23,26)/t15-/m1/s1. The molecule has 2 aromatic carbocycles. The van der Waals surface area contributed by atoms with Crippen molar-refractivity contribution in [3.05, 3.63) is 59.1 Å². The van der Waals surface area contributed by atoms with Crippen molar-refractivity contribution in [3.63, 3.8) is 0 Å². The van der Waals surface area contributed by atoms with E-state index in [0.29, 0.717) is 28.6 Å². The number of rotatable bonds is 6. The highest BCUT2D eigenvalue weighted by atomic mass is 35.5. The van der Waals surface area contributed by atoms with E-state index in [1.807, 2.05) is 6.92 Å². The Bertz CT molecular complexity index is 882. The summed E-state index contributed by atoms with van der Waals surface area (Å²) in [6, 6.07) is 13.5. The zero-order chi connectivity index (χ0) is 20.1. The molecule has 0 unspecified atom stereocenters. The number of halogens is 1. The van der Waals surface area contributed by atoms with Crippen LogP contribution < -0.4 is 10.2 Å². The zero-order valence-corrected chi connectivity index (χ0v) is 16.2. The summed E-state index contributed by atoms with van der Waals surface area (Å²) in [6.45, 7) is 2.57. The summed E-state index contributed by atoms with van der Waals surface area (Å²) >= 11 is 6.17. The number of benzene rings is 2. The van der Waals surface area contributed by atoms with Crippen LogP contribution in [0.5, 0.6) is 0 Å². The SMILES string of the molecule is CCCOC(=O)c1ccc(NC(=O)[C@@H]2CC(=O)N(c3ccccc3Cl)C2)cc1. The maximum Gasteiger partial charge on any atom is 0.338 e. The van der Waals surface area contributed by atoms with Crippen LogP contribution in [0, 0.1) is 5.92 Å². The summed E-state index contributed by atoms with van der Waals surface area (Å²) in [5.41, 5.74) is 1.59. The molecule has 7 heteroatoms. The Balaban J connectivity index is 1.62. The van der Waals surface area contributed by atoms with Gasteiger partial charge in [0.25, 0.3) is 0 Å². The number of carbonyl (C=O) groups excluding carboxylic acids is 3. The molecular formula is C21H21ClN2O4. The normalized spacial score (nSPS) is 16.1. The first-order valence-corrected chi connectivity index (χ1v) is 9.50. The second kappa shape index (κ2) is 8.89. The van der Waals surface area contributed by atoms with Gasteiger partial charge < -0.3 is 15.0 Å². The minimum absolute atomic E-state index is 0.123. The van der Waals surface area contributed by atoms with Gasteiger partial charge in [0.1, 0.15) is 0 Å². The molecule has 0 bridgehead atoms. The van der Waals surface area contributed by atoms with E-state index in [0.717, 1.165) is 6.42 Å². The molecule has 2 amide bonds. The molecule has 0 aromatic heterocycles. The summed E-state index contributed by atoms with van der Waals surface area (Å²) in [4.78, 5) is 38.3. The zero-order valence-electron chi connectivity index (χ0n) is 15.5. The molecule has 2 aromatic rings. The van der Waals surface area contributed by atoms with Gasteiger partial charge in [0.2, 0.25) is 11.8 Å². The molecule has 1 N–H and O–H groups in total. The summed E-state index contributed by atoms with van der Waals surface area (Å²) in [6.07, 6.45) is 0.879. The predicted octanol–water partition coefficient (Wildman–Crippen LogP) is 3.90. The second-order valence-corrected chi connectivity index (χ2v) is 6.97. The van der Waals surface area contributed by atoms with Gasteiger partial charge in [-0.15, -0.1) is 0 Å². The summed E-state index contributed by atoms with van der Waals surface area (Å²) in [5, 5.41) is 3.27. The minimum atomic E-state index is -0.474. The average Bonchev–Trinajstić information content (AvgIpc) is 3.08. The Morgan fingerprint density at radius 3 is 2.57 bits per heavy atom. The van der Waals surface area contributed by atoms with Gasteiger partial charge in [0.15, 0.2) is 0 Å². The Hall–Kier alpha value is -2.86. The first-order chi connectivity index (χ1) is 13.5. The number of carbonyl (C=O) groups is 3. The third kappa shape index (κ3) is 4.51. The highest BCUT2D eigenvalue weighted by molar-refractivity contribution is 6.33. The van der Waals surface area contributed by atoms with E-state index < -0.39 is 11.9 Å². The number of para-hydroxylation sites is 1. The van der Waals surface area contributed by atoms with Crippen molar-refractivity contribution in [2.45, 2.75) is 19.8 Å². The van der Waals surface area contributed by atoms with Gasteiger partial charge in [0, 0.05) is 18.7 Å². The number of esters is 1. The molecule has 0 radical (unpaired) electrons. The average molecular weight is 401 g/mol. The molecule has 3 rings (SSSR count). The second-order valence-electron chi connectivity index (χ2n) is 6.56. The van der Waals surface area contributed by atoms with Gasteiger partial charge >= 0.3 is 5.97 Å². The number of hydrogen-bond acceptors (Lipinski definition) is 4. The Kier molecular flexibility index (Phi) is 6.31. The summed E-state index contributed by atoms with van der Waals surface area (Å²) in [7, 11) is 0. The van der Waals surface area contributed by atoms with Crippen LogP contribution in [0.2, 0.25) is 5.02 Å². The predicted molar refractivity (Wildman–Crippen MR) is 108 cm³/mol. The highest BCUT2D eigenvalue weighted by Gasteiger charge is 2.35. The molecular weight excluding hydrogens is 380 g/mol. The summed E-state index contributed by atoms with van der Waals surface area (Å²) < 4.78 is 5.07. The fraction of sp³-hybridized carbons (Fsp3) is 0.286. The van der Waals surface area contributed by atoms with Crippen molar-refractivity contribution in [2.75, 3.05) is 23.4 Å². The van der Waals surface area contributed by atoms with E-state index in [4.69, 9.17) is 16.3 Å². The van der Waals surface area contributed by atoms with Crippen molar-refractivity contribution in [1.82, 2.24) is 0 Å². The number of anilines is 2. The van der Waals surface area contributed by atoms with Gasteiger partial charge in [-0.2, -0.15) is 0 Å². The molecule has 0 spiro atoms. The van der Waals surface area contributed by atoms with E-state index in [1.165, 1.54) is 0 Å². The first-order valence-electron chi connectivity index (χ1n) is 9.12. The van der Waals surface area contributed by atoms with Crippen LogP contribution in [0.1, 0.15) is 30.1 Å². The van der Waals surface area contributed by atoms with Crippen LogP contribution in [0.15, 0.2) is 48.5 Å². The van der Waals surface area contributed by atoms with Crippen LogP contribution >= 0.6 is 11.6 Å². The van der Waals surface area contributed by atoms with Crippen molar-refractivity contribution in [1.29, 1.82) is 0 Å². The van der Waals surface area contributed by atoms with Crippen LogP contribution in [-0.2, 0) is 14.3 Å². The number of hydrogen-bond donors (Lipinski definition) is 1. The lowest BCUT2D eigenvalue weighted by Crippen LogP contribution is -2.28. The maximum atomic E-state index is 12.6. The van der Waals surface area contributed by atoms with Gasteiger partial charge in [-0.05, 0) is 42.8 Å². The third-order valence-electron chi connectivity index (χ3n) is 4.46. The molecule has 6 nitrogen and oxygen atoms in total. The fourth-order valence-electron chi connectivity index (χ4n) is 3.00. The van der Waals surface area contributed by atoms with E-state index in [2.05, 4.69) is 5.32 Å². The largest absolute Gasteiger partial charge is 0.462 e. The molecule has 0 aliphatic carbocycles. The Labute approximate surface area is 168 Å². The molecule has 1 atom stereocenters. The van der Waals surface area contributed by atoms with Gasteiger partial charge in [-0.1, -0.05) is 30.7 Å². The summed E-state index contributed by atoms with van der Waals surface area (Å²) in [5.74, 6) is -1.25. The lowest BCUT2D eigenvalue weighted by Gasteiger charge is -2.18. The van der Waals surface area contributed by atoms with Gasteiger partial charge in [-0.25, -0.2) is 4.79 Å². The number of ether oxygens (including phenoxy) is 1. The molecule has 1 aliphatic heterocycles. The number of amides is 2. The van der Waals surface area contributed by atoms with Crippen molar-refractivity contribution >= 4 is 40.8 Å². The Morgan fingerprint density at radius 1 is 1.18 bits per heavy atom. The molecule has 1 heterocycles. The first kappa shape index (κ1) is 19.9. The number of nitrogens with one attached hydrogen (secondary N) is 1. The van der Waals surface area contributed by atoms with E-state index in [-0.39, 0.29) is 24.8 Å². The van der Waals surface area contributed by atoms with E-state index in [1.54, 1.807) is 53.4 Å². The molecule has 1 fully saturated rings. The van der Waals surface area contributed by atoms with Crippen LogP contribution in [0.4, 0.5) is 11.4 Å². The Morgan fingerprint density at radius 2 is 1.89 bits per heavy atom. The van der Waals surface area contributed by atoms with Crippen molar-refractivity contribution in [3.8, 4) is 0 Å². The molecule has 0 saturated carbocycles. The topological polar surface area (TPSA) is 75.7 Å². The molecule has 28 heavy (non-hydrogen) atoms. The maximum absolute atomic E-state index is 12.6.